The number of hydrogen-bond acceptors (Lipinski definition) is 2. The number of rotatable bonds is 3. The Bertz CT molecular complexity index is 652. The maximum absolute atomic E-state index is 12.1. The lowest BCUT2D eigenvalue weighted by Gasteiger charge is -2.07. The lowest BCUT2D eigenvalue weighted by Crippen LogP contribution is -2.12. The molecular weight excluding hydrogens is 316 g/mol. The second-order valence-electron chi connectivity index (χ2n) is 4.50. The van der Waals surface area contributed by atoms with Gasteiger partial charge in [-0.1, -0.05) is 28.1 Å². The summed E-state index contributed by atoms with van der Waals surface area (Å²) in [6.45, 7) is 1.94. The highest BCUT2D eigenvalue weighted by molar-refractivity contribution is 9.10. The molecule has 0 spiro atoms. The van der Waals surface area contributed by atoms with Gasteiger partial charge < -0.3 is 5.32 Å². The summed E-state index contributed by atoms with van der Waals surface area (Å²) in [6, 6.07) is 14.9. The average Bonchev–Trinajstić information content (AvgIpc) is 2.40. The van der Waals surface area contributed by atoms with Crippen LogP contribution in [0, 0.1) is 18.3 Å². The number of nitrogens with one attached hydrogen (secondary N) is 1. The van der Waals surface area contributed by atoms with Crippen molar-refractivity contribution in [2.24, 2.45) is 0 Å². The van der Waals surface area contributed by atoms with Gasteiger partial charge in [0.1, 0.15) is 0 Å². The molecule has 20 heavy (non-hydrogen) atoms. The van der Waals surface area contributed by atoms with Crippen LogP contribution in [0.15, 0.2) is 46.9 Å². The highest BCUT2D eigenvalue weighted by Crippen LogP contribution is 2.17. The van der Waals surface area contributed by atoms with E-state index in [4.69, 9.17) is 5.26 Å². The zero-order chi connectivity index (χ0) is 14.5. The SMILES string of the molecule is Cc1cc(Br)cc(C(=O)Nc2ccc(CC#N)cc2)c1. The minimum absolute atomic E-state index is 0.151. The summed E-state index contributed by atoms with van der Waals surface area (Å²) in [4.78, 5) is 12.1. The van der Waals surface area contributed by atoms with Crippen LogP contribution in [-0.2, 0) is 6.42 Å². The van der Waals surface area contributed by atoms with E-state index in [0.29, 0.717) is 17.7 Å². The van der Waals surface area contributed by atoms with E-state index in [-0.39, 0.29) is 5.91 Å². The molecule has 2 aromatic carbocycles. The topological polar surface area (TPSA) is 52.9 Å². The second-order valence-corrected chi connectivity index (χ2v) is 5.42. The van der Waals surface area contributed by atoms with Crippen molar-refractivity contribution in [2.45, 2.75) is 13.3 Å². The van der Waals surface area contributed by atoms with E-state index in [1.165, 1.54) is 0 Å². The Morgan fingerprint density at radius 2 is 1.95 bits per heavy atom. The number of halogens is 1. The van der Waals surface area contributed by atoms with Crippen LogP contribution in [0.2, 0.25) is 0 Å². The van der Waals surface area contributed by atoms with E-state index < -0.39 is 0 Å². The standard InChI is InChI=1S/C16H13BrN2O/c1-11-8-13(10-14(17)9-11)16(20)19-15-4-2-12(3-5-15)6-7-18/h2-5,8-10H,6H2,1H3,(H,19,20). The van der Waals surface area contributed by atoms with E-state index in [9.17, 15) is 4.79 Å². The van der Waals surface area contributed by atoms with Crippen LogP contribution in [0.1, 0.15) is 21.5 Å². The van der Waals surface area contributed by atoms with Gasteiger partial charge >= 0.3 is 0 Å². The van der Waals surface area contributed by atoms with E-state index in [1.54, 1.807) is 18.2 Å². The molecule has 100 valence electrons. The molecule has 2 aromatic rings. The zero-order valence-electron chi connectivity index (χ0n) is 11.0. The lowest BCUT2D eigenvalue weighted by molar-refractivity contribution is 0.102. The van der Waals surface area contributed by atoms with Gasteiger partial charge in [-0.25, -0.2) is 0 Å². The fourth-order valence-electron chi connectivity index (χ4n) is 1.87. The molecule has 3 nitrogen and oxygen atoms in total. The first-order valence-corrected chi connectivity index (χ1v) is 6.92. The number of aryl methyl sites for hydroxylation is 1. The van der Waals surface area contributed by atoms with Gasteiger partial charge in [-0.15, -0.1) is 0 Å². The number of carbonyl (C=O) groups excluding carboxylic acids is 1. The smallest absolute Gasteiger partial charge is 0.255 e. The van der Waals surface area contributed by atoms with Crippen molar-refractivity contribution < 1.29 is 4.79 Å². The number of anilines is 1. The van der Waals surface area contributed by atoms with Crippen molar-refractivity contribution in [3.8, 4) is 6.07 Å². The van der Waals surface area contributed by atoms with Crippen molar-refractivity contribution in [1.82, 2.24) is 0 Å². The van der Waals surface area contributed by atoms with Gasteiger partial charge in [0, 0.05) is 15.7 Å². The number of amides is 1. The minimum atomic E-state index is -0.151. The Morgan fingerprint density at radius 1 is 1.25 bits per heavy atom. The summed E-state index contributed by atoms with van der Waals surface area (Å²) >= 11 is 3.38. The number of benzene rings is 2. The van der Waals surface area contributed by atoms with Crippen LogP contribution in [0.3, 0.4) is 0 Å². The maximum Gasteiger partial charge on any atom is 0.255 e. The van der Waals surface area contributed by atoms with Crippen molar-refractivity contribution in [2.75, 3.05) is 5.32 Å². The molecule has 2 rings (SSSR count). The fraction of sp³-hybridized carbons (Fsp3) is 0.125. The van der Waals surface area contributed by atoms with Gasteiger partial charge in [-0.3, -0.25) is 4.79 Å². The van der Waals surface area contributed by atoms with Crippen LogP contribution >= 0.6 is 15.9 Å². The predicted molar refractivity (Wildman–Crippen MR) is 82.6 cm³/mol. The minimum Gasteiger partial charge on any atom is -0.322 e. The van der Waals surface area contributed by atoms with Crippen molar-refractivity contribution in [1.29, 1.82) is 5.26 Å². The molecule has 1 amide bonds. The van der Waals surface area contributed by atoms with E-state index in [2.05, 4.69) is 27.3 Å². The van der Waals surface area contributed by atoms with Gasteiger partial charge in [-0.05, 0) is 48.4 Å². The number of carbonyl (C=O) groups is 1. The molecule has 0 saturated carbocycles. The molecule has 0 atom stereocenters. The molecule has 0 aromatic heterocycles. The van der Waals surface area contributed by atoms with Gasteiger partial charge in [0.25, 0.3) is 5.91 Å². The molecule has 0 heterocycles. The Morgan fingerprint density at radius 3 is 2.55 bits per heavy atom. The third-order valence-electron chi connectivity index (χ3n) is 2.80. The molecule has 0 aliphatic rings. The molecule has 0 unspecified atom stereocenters. The molecule has 0 radical (unpaired) electrons. The quantitative estimate of drug-likeness (QED) is 0.923. The fourth-order valence-corrected chi connectivity index (χ4v) is 2.48. The third-order valence-corrected chi connectivity index (χ3v) is 3.26. The number of nitriles is 1. The predicted octanol–water partition coefficient (Wildman–Crippen LogP) is 4.08. The Kier molecular flexibility index (Phi) is 4.54. The van der Waals surface area contributed by atoms with Gasteiger partial charge in [-0.2, -0.15) is 5.26 Å². The summed E-state index contributed by atoms with van der Waals surface area (Å²) in [5.74, 6) is -0.151. The van der Waals surface area contributed by atoms with Crippen molar-refractivity contribution in [3.63, 3.8) is 0 Å². The first-order chi connectivity index (χ1) is 9.58. The first-order valence-electron chi connectivity index (χ1n) is 6.13. The Hall–Kier alpha value is -2.12. The van der Waals surface area contributed by atoms with Gasteiger partial charge in [0.15, 0.2) is 0 Å². The summed E-state index contributed by atoms with van der Waals surface area (Å²) in [7, 11) is 0. The van der Waals surface area contributed by atoms with Crippen molar-refractivity contribution >= 4 is 27.5 Å². The summed E-state index contributed by atoms with van der Waals surface area (Å²) in [6.07, 6.45) is 0.374. The Labute approximate surface area is 126 Å². The molecule has 1 N–H and O–H groups in total. The molecule has 4 heteroatoms. The molecule has 0 fully saturated rings. The van der Waals surface area contributed by atoms with Crippen LogP contribution in [0.25, 0.3) is 0 Å². The van der Waals surface area contributed by atoms with E-state index in [0.717, 1.165) is 15.6 Å². The van der Waals surface area contributed by atoms with E-state index in [1.807, 2.05) is 31.2 Å². The highest BCUT2D eigenvalue weighted by atomic mass is 79.9. The number of nitrogens with zero attached hydrogens (tertiary/aromatic N) is 1. The molecule has 0 aliphatic heterocycles. The highest BCUT2D eigenvalue weighted by Gasteiger charge is 2.07. The maximum atomic E-state index is 12.1. The third kappa shape index (κ3) is 3.69. The normalized spacial score (nSPS) is 9.85. The largest absolute Gasteiger partial charge is 0.322 e. The molecule has 0 bridgehead atoms. The molecule has 0 aliphatic carbocycles. The zero-order valence-corrected chi connectivity index (χ0v) is 12.6. The van der Waals surface area contributed by atoms with Crippen LogP contribution in [0.5, 0.6) is 0 Å². The van der Waals surface area contributed by atoms with Crippen LogP contribution in [0.4, 0.5) is 5.69 Å². The average molecular weight is 329 g/mol. The van der Waals surface area contributed by atoms with Gasteiger partial charge in [0.05, 0.1) is 12.5 Å². The van der Waals surface area contributed by atoms with Crippen molar-refractivity contribution in [3.05, 3.63) is 63.6 Å². The first kappa shape index (κ1) is 14.3. The second kappa shape index (κ2) is 6.36. The number of hydrogen-bond donors (Lipinski definition) is 1. The van der Waals surface area contributed by atoms with Crippen LogP contribution in [-0.4, -0.2) is 5.91 Å². The van der Waals surface area contributed by atoms with Crippen LogP contribution < -0.4 is 5.32 Å². The molecular formula is C16H13BrN2O. The summed E-state index contributed by atoms with van der Waals surface area (Å²) in [5.41, 5.74) is 3.28. The Balaban J connectivity index is 2.13. The van der Waals surface area contributed by atoms with Gasteiger partial charge in [0.2, 0.25) is 0 Å². The molecule has 0 saturated heterocycles. The van der Waals surface area contributed by atoms with E-state index >= 15 is 0 Å². The summed E-state index contributed by atoms with van der Waals surface area (Å²) < 4.78 is 0.881. The monoisotopic (exact) mass is 328 g/mol. The lowest BCUT2D eigenvalue weighted by atomic mass is 10.1. The summed E-state index contributed by atoms with van der Waals surface area (Å²) in [5, 5.41) is 11.5.